The smallest absolute Gasteiger partial charge is 0.307 e. The van der Waals surface area contributed by atoms with Crippen molar-refractivity contribution < 1.29 is 59.4 Å². The standard InChI is InChI=1S/C38H38N4O12/c1-17-19(3-7-33(43)44)27-15-30-22(6-10-36(49)50)23(11-37(51)52)31(42-30)14-26-18(2)20(4-8-34(45)46)28(40-26)16-32-24(12-38(53)54)21(5-9-35(47)48)29(41-32)13-25(17)39-27/h13-16,41-42H,3-12H2,1-2H3,(H,43,44)(H,45,46)(H,47,48)(H,49,50)(H,51,52)(H,53,54). The van der Waals surface area contributed by atoms with Gasteiger partial charge in [0.15, 0.2) is 0 Å². The maximum Gasteiger partial charge on any atom is 0.307 e. The topological polar surface area (TPSA) is 281 Å². The van der Waals surface area contributed by atoms with Crippen molar-refractivity contribution in [2.24, 2.45) is 0 Å². The van der Waals surface area contributed by atoms with E-state index in [1.54, 1.807) is 38.1 Å². The van der Waals surface area contributed by atoms with E-state index in [4.69, 9.17) is 9.97 Å². The Bertz CT molecular complexity index is 2340. The number of nitrogens with zero attached hydrogens (tertiary/aromatic N) is 2. The first-order chi connectivity index (χ1) is 25.5. The van der Waals surface area contributed by atoms with Crippen LogP contribution in [0.4, 0.5) is 0 Å². The van der Waals surface area contributed by atoms with Crippen molar-refractivity contribution in [1.82, 2.24) is 19.9 Å². The predicted octanol–water partition coefficient (Wildman–Crippen LogP) is 5.19. The van der Waals surface area contributed by atoms with Crippen LogP contribution in [0.25, 0.3) is 44.4 Å². The van der Waals surface area contributed by atoms with Gasteiger partial charge in [-0.15, -0.1) is 0 Å². The van der Waals surface area contributed by atoms with Crippen molar-refractivity contribution in [3.63, 3.8) is 0 Å². The Hall–Kier alpha value is -6.58. The molecule has 0 saturated heterocycles. The molecule has 0 fully saturated rings. The van der Waals surface area contributed by atoms with Crippen molar-refractivity contribution in [2.75, 3.05) is 0 Å². The summed E-state index contributed by atoms with van der Waals surface area (Å²) in [4.78, 5) is 87.3. The summed E-state index contributed by atoms with van der Waals surface area (Å²) in [5.74, 6) is -6.73. The molecule has 0 spiro atoms. The Morgan fingerprint density at radius 2 is 0.741 bits per heavy atom. The minimum atomic E-state index is -1.19. The first-order valence-corrected chi connectivity index (χ1v) is 17.0. The maximum absolute atomic E-state index is 12.2. The zero-order valence-electron chi connectivity index (χ0n) is 29.4. The highest BCUT2D eigenvalue weighted by Gasteiger charge is 2.24. The van der Waals surface area contributed by atoms with Crippen molar-refractivity contribution >= 4 is 80.2 Å². The Labute approximate surface area is 306 Å². The number of aromatic nitrogens is 4. The van der Waals surface area contributed by atoms with Gasteiger partial charge < -0.3 is 40.6 Å². The van der Waals surface area contributed by atoms with Gasteiger partial charge in [-0.25, -0.2) is 9.97 Å². The highest BCUT2D eigenvalue weighted by atomic mass is 16.4. The molecule has 0 radical (unpaired) electrons. The summed E-state index contributed by atoms with van der Waals surface area (Å²) in [5.41, 5.74) is 6.27. The number of aliphatic carboxylic acids is 6. The molecule has 16 heteroatoms. The van der Waals surface area contributed by atoms with Crippen LogP contribution in [0, 0.1) is 0 Å². The summed E-state index contributed by atoms with van der Waals surface area (Å²) in [7, 11) is 0. The highest BCUT2D eigenvalue weighted by Crippen LogP contribution is 2.38. The number of aromatic amines is 2. The van der Waals surface area contributed by atoms with E-state index in [0.717, 1.165) is 0 Å². The van der Waals surface area contributed by atoms with Crippen LogP contribution < -0.4 is 0 Å². The van der Waals surface area contributed by atoms with Gasteiger partial charge in [0.1, 0.15) is 0 Å². The first-order valence-electron chi connectivity index (χ1n) is 17.0. The second-order valence-electron chi connectivity index (χ2n) is 13.1. The number of rotatable bonds is 16. The predicted molar refractivity (Wildman–Crippen MR) is 194 cm³/mol. The number of carboxylic acids is 6. The monoisotopic (exact) mass is 742 g/mol. The van der Waals surface area contributed by atoms with Gasteiger partial charge in [0.05, 0.1) is 35.6 Å². The van der Waals surface area contributed by atoms with Crippen LogP contribution in [-0.2, 0) is 54.5 Å². The molecule has 8 N–H and O–H groups in total. The molecule has 0 saturated carbocycles. The van der Waals surface area contributed by atoms with E-state index in [1.165, 1.54) is 0 Å². The van der Waals surface area contributed by atoms with Gasteiger partial charge in [0.25, 0.3) is 0 Å². The van der Waals surface area contributed by atoms with Crippen LogP contribution in [0.1, 0.15) is 97.4 Å². The van der Waals surface area contributed by atoms with E-state index in [0.29, 0.717) is 83.8 Å². The summed E-state index contributed by atoms with van der Waals surface area (Å²) in [5, 5.41) is 58.2. The van der Waals surface area contributed by atoms with Gasteiger partial charge in [0, 0.05) is 47.8 Å². The quantitative estimate of drug-likeness (QED) is 0.0937. The molecule has 2 aliphatic rings. The lowest BCUT2D eigenvalue weighted by Crippen LogP contribution is -2.04. The molecule has 0 unspecified atom stereocenters. The fourth-order valence-corrected chi connectivity index (χ4v) is 6.89. The number of hydrogen-bond donors (Lipinski definition) is 8. The fraction of sp³-hybridized carbons (Fsp3) is 0.316. The molecule has 16 nitrogen and oxygen atoms in total. The molecule has 5 heterocycles. The van der Waals surface area contributed by atoms with E-state index in [-0.39, 0.29) is 56.9 Å². The van der Waals surface area contributed by atoms with Crippen molar-refractivity contribution in [2.45, 2.75) is 78.1 Å². The lowest BCUT2D eigenvalue weighted by atomic mass is 9.98. The third-order valence-corrected chi connectivity index (χ3v) is 9.48. The number of hydrogen-bond acceptors (Lipinski definition) is 8. The van der Waals surface area contributed by atoms with Crippen LogP contribution in [0.15, 0.2) is 24.3 Å². The fourth-order valence-electron chi connectivity index (χ4n) is 6.89. The minimum Gasteiger partial charge on any atom is -0.481 e. The molecule has 3 aromatic heterocycles. The zero-order valence-corrected chi connectivity index (χ0v) is 29.4. The number of allylic oxidation sites excluding steroid dienone is 4. The summed E-state index contributed by atoms with van der Waals surface area (Å²) < 4.78 is 0. The van der Waals surface area contributed by atoms with Gasteiger partial charge in [-0.1, -0.05) is 0 Å². The van der Waals surface area contributed by atoms with Gasteiger partial charge in [-0.3, -0.25) is 28.8 Å². The molecule has 8 bridgehead atoms. The summed E-state index contributed by atoms with van der Waals surface area (Å²) >= 11 is 0. The number of carboxylic acid groups (broad SMARTS) is 6. The Morgan fingerprint density at radius 1 is 0.444 bits per heavy atom. The van der Waals surface area contributed by atoms with E-state index >= 15 is 0 Å². The van der Waals surface area contributed by atoms with Gasteiger partial charge in [-0.05, 0) is 108 Å². The summed E-state index contributed by atoms with van der Waals surface area (Å²) in [6, 6.07) is 6.40. The number of fused-ring (bicyclic) bond motifs is 8. The first kappa shape index (κ1) is 38.6. The van der Waals surface area contributed by atoms with E-state index in [2.05, 4.69) is 9.97 Å². The largest absolute Gasteiger partial charge is 0.481 e. The molecular weight excluding hydrogens is 704 g/mol. The number of aryl methyl sites for hydroxylation is 2. The number of nitrogens with one attached hydrogen (secondary N) is 2. The van der Waals surface area contributed by atoms with Gasteiger partial charge in [-0.2, -0.15) is 0 Å². The van der Waals surface area contributed by atoms with Crippen LogP contribution in [0.2, 0.25) is 0 Å². The van der Waals surface area contributed by atoms with E-state index in [9.17, 15) is 59.4 Å². The highest BCUT2D eigenvalue weighted by molar-refractivity contribution is 5.96. The molecule has 54 heavy (non-hydrogen) atoms. The SMILES string of the molecule is CC1=C(CCC(=O)O)c2cc3[nH]c(cc4nc(cc5[nH]c(cc1n2)c(CCC(=O)O)c5CC(=O)O)C(CCC(=O)O)=C4C)c(CC(=O)O)c3CCC(=O)O. The molecule has 0 aromatic carbocycles. The molecule has 3 aromatic rings. The van der Waals surface area contributed by atoms with E-state index < -0.39 is 48.7 Å². The molecule has 282 valence electrons. The average molecular weight is 743 g/mol. The van der Waals surface area contributed by atoms with Gasteiger partial charge in [0.2, 0.25) is 0 Å². The normalized spacial score (nSPS) is 12.6. The second-order valence-corrected chi connectivity index (χ2v) is 13.1. The second kappa shape index (κ2) is 16.0. The third kappa shape index (κ3) is 8.71. The van der Waals surface area contributed by atoms with Crippen molar-refractivity contribution in [3.8, 4) is 0 Å². The molecule has 0 amide bonds. The third-order valence-electron chi connectivity index (χ3n) is 9.48. The van der Waals surface area contributed by atoms with E-state index in [1.807, 2.05) is 0 Å². The van der Waals surface area contributed by atoms with Crippen LogP contribution in [0.3, 0.4) is 0 Å². The summed E-state index contributed by atoms with van der Waals surface area (Å²) in [6.45, 7) is 3.45. The Balaban J connectivity index is 2.00. The van der Waals surface area contributed by atoms with Crippen molar-refractivity contribution in [3.05, 3.63) is 69.3 Å². The van der Waals surface area contributed by atoms with Crippen LogP contribution in [0.5, 0.6) is 0 Å². The Morgan fingerprint density at radius 3 is 1.06 bits per heavy atom. The number of carbonyl (C=O) groups is 6. The maximum atomic E-state index is 12.2. The van der Waals surface area contributed by atoms with Crippen LogP contribution in [-0.4, -0.2) is 86.4 Å². The average Bonchev–Trinajstić information content (AvgIpc) is 3.74. The molecular formula is C38H38N4O12. The molecule has 2 aliphatic heterocycles. The minimum absolute atomic E-state index is 0.0432. The molecule has 0 aliphatic carbocycles. The number of H-pyrrole nitrogens is 2. The Kier molecular flexibility index (Phi) is 11.4. The van der Waals surface area contributed by atoms with Crippen LogP contribution >= 0.6 is 0 Å². The lowest BCUT2D eigenvalue weighted by Gasteiger charge is -2.04. The summed E-state index contributed by atoms with van der Waals surface area (Å²) in [6.07, 6.45) is -2.17. The van der Waals surface area contributed by atoms with Gasteiger partial charge >= 0.3 is 35.8 Å². The zero-order chi connectivity index (χ0) is 39.4. The molecule has 0 atom stereocenters. The van der Waals surface area contributed by atoms with Crippen molar-refractivity contribution in [1.29, 1.82) is 0 Å². The molecule has 5 rings (SSSR count). The lowest BCUT2D eigenvalue weighted by molar-refractivity contribution is -0.138.